The molecule has 8 heteroatoms. The van der Waals surface area contributed by atoms with Gasteiger partial charge in [0.2, 0.25) is 0 Å². The molecule has 3 aromatic rings. The van der Waals surface area contributed by atoms with Crippen molar-refractivity contribution in [3.63, 3.8) is 0 Å². The third-order valence-electron chi connectivity index (χ3n) is 9.64. The number of rotatable bonds is 24. The zero-order chi connectivity index (χ0) is 39.2. The summed E-state index contributed by atoms with van der Waals surface area (Å²) in [7, 11) is 0. The van der Waals surface area contributed by atoms with Crippen LogP contribution in [-0.4, -0.2) is 44.3 Å². The molecule has 0 aromatic heterocycles. The van der Waals surface area contributed by atoms with Crippen molar-refractivity contribution in [3.8, 4) is 0 Å². The average molecular weight is 731 g/mol. The Kier molecular flexibility index (Phi) is 20.8. The van der Waals surface area contributed by atoms with Crippen LogP contribution in [-0.2, 0) is 25.7 Å². The van der Waals surface area contributed by atoms with Crippen LogP contribution < -0.4 is 0 Å². The maximum Gasteiger partial charge on any atom is 0.336 e. The summed E-state index contributed by atoms with van der Waals surface area (Å²) in [5.74, 6) is -3.22. The van der Waals surface area contributed by atoms with Crippen molar-refractivity contribution in [3.05, 3.63) is 105 Å². The van der Waals surface area contributed by atoms with Gasteiger partial charge in [-0.15, -0.1) is 0 Å². The van der Waals surface area contributed by atoms with E-state index in [2.05, 4.69) is 39.8 Å². The Morgan fingerprint density at radius 2 is 0.906 bits per heavy atom. The molecule has 4 N–H and O–H groups in total. The molecule has 0 aliphatic carbocycles. The molecule has 0 heterocycles. The van der Waals surface area contributed by atoms with Crippen LogP contribution in [0.1, 0.15) is 175 Å². The first-order valence-electron chi connectivity index (χ1n) is 19.6. The Morgan fingerprint density at radius 3 is 1.43 bits per heavy atom. The summed E-state index contributed by atoms with van der Waals surface area (Å²) < 4.78 is 0. The topological polar surface area (TPSA) is 149 Å². The summed E-state index contributed by atoms with van der Waals surface area (Å²) in [6.07, 6.45) is 17.3. The maximum atomic E-state index is 11.9. The molecule has 0 saturated carbocycles. The predicted molar refractivity (Wildman–Crippen MR) is 212 cm³/mol. The van der Waals surface area contributed by atoms with Gasteiger partial charge in [-0.2, -0.15) is 0 Å². The summed E-state index contributed by atoms with van der Waals surface area (Å²) in [5.41, 5.74) is 3.35. The molecule has 0 radical (unpaired) electrons. The fourth-order valence-corrected chi connectivity index (χ4v) is 6.77. The fourth-order valence-electron chi connectivity index (χ4n) is 6.77. The van der Waals surface area contributed by atoms with Crippen LogP contribution in [0.15, 0.2) is 60.7 Å². The quantitative estimate of drug-likeness (QED) is 0.0665. The number of aromatic carboxylic acids is 4. The molecule has 3 rings (SSSR count). The minimum absolute atomic E-state index is 0.00184. The van der Waals surface area contributed by atoms with Gasteiger partial charge in [-0.25, -0.2) is 19.2 Å². The summed E-state index contributed by atoms with van der Waals surface area (Å²) in [6.45, 7) is 8.94. The van der Waals surface area contributed by atoms with E-state index in [1.807, 2.05) is 24.3 Å². The number of carboxylic acids is 4. The SMILES string of the molecule is CC(C)CCCCCCc1ccc(C(=O)O)c(C(=O)O)c1CCCCCCC(C)C.O=C(O)c1cccc(CCCCCc2ccccc2)c1C(=O)O. The molecule has 0 unspecified atom stereocenters. The van der Waals surface area contributed by atoms with Crippen LogP contribution >= 0.6 is 0 Å². The van der Waals surface area contributed by atoms with E-state index in [-0.39, 0.29) is 22.3 Å². The molecule has 0 bridgehead atoms. The second kappa shape index (κ2) is 24.7. The van der Waals surface area contributed by atoms with Crippen molar-refractivity contribution in [2.24, 2.45) is 11.8 Å². The highest BCUT2D eigenvalue weighted by Gasteiger charge is 2.23. The Morgan fingerprint density at radius 1 is 0.434 bits per heavy atom. The van der Waals surface area contributed by atoms with Crippen molar-refractivity contribution in [2.45, 2.75) is 137 Å². The van der Waals surface area contributed by atoms with Crippen LogP contribution in [0, 0.1) is 11.8 Å². The zero-order valence-electron chi connectivity index (χ0n) is 32.4. The van der Waals surface area contributed by atoms with E-state index in [9.17, 15) is 34.5 Å². The zero-order valence-corrected chi connectivity index (χ0v) is 32.4. The minimum Gasteiger partial charge on any atom is -0.478 e. The van der Waals surface area contributed by atoms with E-state index >= 15 is 0 Å². The Bertz CT molecular complexity index is 1570. The molecule has 0 atom stereocenters. The third kappa shape index (κ3) is 16.8. The van der Waals surface area contributed by atoms with Gasteiger partial charge >= 0.3 is 23.9 Å². The molecular weight excluding hydrogens is 668 g/mol. The minimum atomic E-state index is -1.20. The van der Waals surface area contributed by atoms with E-state index in [1.54, 1.807) is 12.1 Å². The van der Waals surface area contributed by atoms with Crippen LogP contribution in [0.2, 0.25) is 0 Å². The number of unbranched alkanes of at least 4 members (excludes halogenated alkanes) is 8. The summed E-state index contributed by atoms with van der Waals surface area (Å²) >= 11 is 0. The second-order valence-corrected chi connectivity index (χ2v) is 14.9. The molecule has 0 aliphatic rings. The Labute approximate surface area is 316 Å². The number of carbonyl (C=O) groups is 4. The molecule has 0 fully saturated rings. The first-order valence-corrected chi connectivity index (χ1v) is 19.6. The molecule has 0 amide bonds. The summed E-state index contributed by atoms with van der Waals surface area (Å²) in [6, 6.07) is 18.2. The lowest BCUT2D eigenvalue weighted by Crippen LogP contribution is -2.14. The molecular formula is C45H62O8. The second-order valence-electron chi connectivity index (χ2n) is 14.9. The van der Waals surface area contributed by atoms with Crippen LogP contribution in [0.4, 0.5) is 0 Å². The van der Waals surface area contributed by atoms with Gasteiger partial charge in [-0.1, -0.05) is 134 Å². The maximum absolute atomic E-state index is 11.9. The van der Waals surface area contributed by atoms with Gasteiger partial charge in [0.1, 0.15) is 0 Å². The molecule has 8 nitrogen and oxygen atoms in total. The first kappa shape index (κ1) is 44.7. The molecule has 53 heavy (non-hydrogen) atoms. The lowest BCUT2D eigenvalue weighted by molar-refractivity contribution is 0.0650. The van der Waals surface area contributed by atoms with Crippen molar-refractivity contribution in [1.82, 2.24) is 0 Å². The van der Waals surface area contributed by atoms with Gasteiger partial charge < -0.3 is 20.4 Å². The molecule has 290 valence electrons. The average Bonchev–Trinajstić information content (AvgIpc) is 3.11. The van der Waals surface area contributed by atoms with Crippen LogP contribution in [0.25, 0.3) is 0 Å². The first-order chi connectivity index (χ1) is 25.3. The van der Waals surface area contributed by atoms with Gasteiger partial charge in [-0.3, -0.25) is 0 Å². The lowest BCUT2D eigenvalue weighted by Gasteiger charge is -2.15. The number of aryl methyl sites for hydroxylation is 3. The number of hydrogen-bond acceptors (Lipinski definition) is 4. The van der Waals surface area contributed by atoms with E-state index < -0.39 is 23.9 Å². The van der Waals surface area contributed by atoms with Crippen molar-refractivity contribution < 1.29 is 39.6 Å². The van der Waals surface area contributed by atoms with Crippen molar-refractivity contribution >= 4 is 23.9 Å². The van der Waals surface area contributed by atoms with Gasteiger partial charge in [0.05, 0.1) is 22.3 Å². The monoisotopic (exact) mass is 730 g/mol. The number of carboxylic acid groups (broad SMARTS) is 4. The smallest absolute Gasteiger partial charge is 0.336 e. The highest BCUT2D eigenvalue weighted by molar-refractivity contribution is 6.03. The largest absolute Gasteiger partial charge is 0.478 e. The number of hydrogen-bond donors (Lipinski definition) is 4. The van der Waals surface area contributed by atoms with Gasteiger partial charge in [0, 0.05) is 0 Å². The molecule has 0 spiro atoms. The van der Waals surface area contributed by atoms with Gasteiger partial charge in [0.25, 0.3) is 0 Å². The highest BCUT2D eigenvalue weighted by Crippen LogP contribution is 2.25. The van der Waals surface area contributed by atoms with E-state index in [4.69, 9.17) is 5.11 Å². The summed E-state index contributed by atoms with van der Waals surface area (Å²) in [5, 5.41) is 37.6. The predicted octanol–water partition coefficient (Wildman–Crippen LogP) is 11.4. The lowest BCUT2D eigenvalue weighted by atomic mass is 9.89. The third-order valence-corrected chi connectivity index (χ3v) is 9.64. The Hall–Kier alpha value is -4.46. The fraction of sp³-hybridized carbons (Fsp3) is 0.511. The van der Waals surface area contributed by atoms with Gasteiger partial charge in [0.15, 0.2) is 0 Å². The summed E-state index contributed by atoms with van der Waals surface area (Å²) in [4.78, 5) is 46.0. The molecule has 0 saturated heterocycles. The highest BCUT2D eigenvalue weighted by atomic mass is 16.4. The van der Waals surface area contributed by atoms with E-state index in [0.29, 0.717) is 24.3 Å². The van der Waals surface area contributed by atoms with Crippen molar-refractivity contribution in [2.75, 3.05) is 0 Å². The van der Waals surface area contributed by atoms with Crippen LogP contribution in [0.5, 0.6) is 0 Å². The molecule has 3 aromatic carbocycles. The van der Waals surface area contributed by atoms with Crippen molar-refractivity contribution in [1.29, 1.82) is 0 Å². The van der Waals surface area contributed by atoms with E-state index in [1.165, 1.54) is 49.8 Å². The van der Waals surface area contributed by atoms with Crippen LogP contribution in [0.3, 0.4) is 0 Å². The Balaban J connectivity index is 0.000000379. The van der Waals surface area contributed by atoms with Gasteiger partial charge in [-0.05, 0) is 97.6 Å². The van der Waals surface area contributed by atoms with E-state index in [0.717, 1.165) is 81.3 Å². The normalized spacial score (nSPS) is 11.0. The standard InChI is InChI=1S/C26H42O4.C19H20O4/c1-19(2)13-9-5-7-11-15-21-17-18-23(25(27)28)24(26(29)30)22(21)16-12-8-6-10-14-20(3)4;20-18(21)16-13-7-12-15(17(16)19(22)23)11-6-2-5-10-14-8-3-1-4-9-14/h17-20H,5-16H2,1-4H3,(H,27,28)(H,29,30);1,3-4,7-9,12-13H,2,5-6,10-11H2,(H,20,21)(H,22,23). The number of benzene rings is 3. The molecule has 0 aliphatic heterocycles.